The lowest BCUT2D eigenvalue weighted by Crippen LogP contribution is -2.43. The molecule has 1 radical (unpaired) electrons. The number of ether oxygens (including phenoxy) is 1. The van der Waals surface area contributed by atoms with Gasteiger partial charge < -0.3 is 19.3 Å². The van der Waals surface area contributed by atoms with Crippen molar-refractivity contribution in [2.24, 2.45) is 7.05 Å². The summed E-state index contributed by atoms with van der Waals surface area (Å²) in [5.74, 6) is -0.312. The molecular weight excluding hydrogens is 363 g/mol. The Labute approximate surface area is 162 Å². The predicted molar refractivity (Wildman–Crippen MR) is 104 cm³/mol. The van der Waals surface area contributed by atoms with Crippen molar-refractivity contribution < 1.29 is 14.3 Å². The van der Waals surface area contributed by atoms with Crippen LogP contribution in [-0.4, -0.2) is 45.8 Å². The first-order valence-corrected chi connectivity index (χ1v) is 8.72. The van der Waals surface area contributed by atoms with Crippen LogP contribution in [-0.2, 0) is 27.8 Å². The predicted octanol–water partition coefficient (Wildman–Crippen LogP) is -0.499. The number of pyridine rings is 1. The van der Waals surface area contributed by atoms with Crippen LogP contribution in [0.1, 0.15) is 25.0 Å². The Morgan fingerprint density at radius 2 is 2.07 bits per heavy atom. The van der Waals surface area contributed by atoms with Crippen LogP contribution in [0.15, 0.2) is 34.1 Å². The van der Waals surface area contributed by atoms with E-state index in [4.69, 9.17) is 4.74 Å². The molecule has 0 fully saturated rings. The molecule has 1 N–H and O–H groups in total. The van der Waals surface area contributed by atoms with Gasteiger partial charge in [0, 0.05) is 25.0 Å². The largest absolute Gasteiger partial charge is 0.462 e. The smallest absolute Gasteiger partial charge is 0.336 e. The fourth-order valence-electron chi connectivity index (χ4n) is 2.61. The summed E-state index contributed by atoms with van der Waals surface area (Å²) in [5.41, 5.74) is 0.136. The van der Waals surface area contributed by atoms with Gasteiger partial charge in [0.05, 0.1) is 12.3 Å². The van der Waals surface area contributed by atoms with Crippen molar-refractivity contribution in [3.05, 3.63) is 56.5 Å². The van der Waals surface area contributed by atoms with Crippen LogP contribution in [0.25, 0.3) is 5.82 Å². The van der Waals surface area contributed by atoms with E-state index in [-0.39, 0.29) is 18.3 Å². The highest BCUT2D eigenvalue weighted by molar-refractivity contribution is 6.64. The number of nitrogens with one attached hydrogen (secondary N) is 1. The number of rotatable bonds is 8. The van der Waals surface area contributed by atoms with E-state index in [2.05, 4.69) is 10.2 Å². The molecule has 147 valence electrons. The van der Waals surface area contributed by atoms with Crippen molar-refractivity contribution >= 4 is 19.6 Å². The van der Waals surface area contributed by atoms with Crippen LogP contribution in [0.2, 0.25) is 0 Å². The number of carbonyl (C=O) groups excluding carboxylic acids is 2. The molecule has 1 atom stereocenters. The molecule has 0 saturated heterocycles. The Morgan fingerprint density at radius 3 is 2.64 bits per heavy atom. The molecule has 28 heavy (non-hydrogen) atoms. The second-order valence-corrected chi connectivity index (χ2v) is 6.58. The summed E-state index contributed by atoms with van der Waals surface area (Å²) in [5, 5.41) is 2.70. The Balaban J connectivity index is 2.28. The van der Waals surface area contributed by atoms with E-state index in [1.54, 1.807) is 33.9 Å². The summed E-state index contributed by atoms with van der Waals surface area (Å²) in [6, 6.07) is 2.43. The Bertz CT molecular complexity index is 931. The van der Waals surface area contributed by atoms with Crippen molar-refractivity contribution in [2.75, 3.05) is 0 Å². The summed E-state index contributed by atoms with van der Waals surface area (Å²) >= 11 is 0. The van der Waals surface area contributed by atoms with Crippen molar-refractivity contribution in [3.63, 3.8) is 0 Å². The molecule has 9 nitrogen and oxygen atoms in total. The topological polar surface area (TPSA) is 112 Å². The Hall–Kier alpha value is -3.01. The maximum absolute atomic E-state index is 12.3. The molecule has 2 rings (SSSR count). The number of nitrogens with zero attached hydrogens (tertiary/aromatic N) is 3. The van der Waals surface area contributed by atoms with Gasteiger partial charge in [0.1, 0.15) is 11.9 Å². The zero-order valence-corrected chi connectivity index (χ0v) is 16.2. The number of esters is 1. The van der Waals surface area contributed by atoms with Crippen LogP contribution in [0.4, 0.5) is 0 Å². The van der Waals surface area contributed by atoms with E-state index >= 15 is 0 Å². The lowest BCUT2D eigenvalue weighted by Gasteiger charge is -2.18. The van der Waals surface area contributed by atoms with Crippen LogP contribution < -0.4 is 16.5 Å². The van der Waals surface area contributed by atoms with E-state index in [0.717, 1.165) is 12.0 Å². The molecule has 0 unspecified atom stereocenters. The van der Waals surface area contributed by atoms with Crippen LogP contribution >= 0.6 is 0 Å². The fourth-order valence-corrected chi connectivity index (χ4v) is 2.61. The molecule has 2 aromatic heterocycles. The first kappa shape index (κ1) is 21.3. The minimum absolute atomic E-state index is 0.187. The van der Waals surface area contributed by atoms with E-state index in [1.807, 2.05) is 0 Å². The summed E-state index contributed by atoms with van der Waals surface area (Å²) in [4.78, 5) is 51.6. The third-order valence-corrected chi connectivity index (χ3v) is 3.90. The van der Waals surface area contributed by atoms with E-state index in [1.165, 1.54) is 23.0 Å². The molecule has 0 amide bonds. The molecule has 0 spiro atoms. The highest BCUT2D eigenvalue weighted by atomic mass is 16.5. The first-order chi connectivity index (χ1) is 13.2. The van der Waals surface area contributed by atoms with Gasteiger partial charge in [-0.3, -0.25) is 9.59 Å². The maximum atomic E-state index is 12.3. The quantitative estimate of drug-likeness (QED) is 0.370. The van der Waals surface area contributed by atoms with Crippen LogP contribution in [0.5, 0.6) is 0 Å². The molecule has 2 aromatic rings. The molecule has 10 heteroatoms. The SMILES string of the molecule is Cc1cn(C)c(=O)n(-c2ccc(C[C@H](N[B]C=O)C(=O)OC(C)C)cn2)c1=O. The highest BCUT2D eigenvalue weighted by Gasteiger charge is 2.21. The monoisotopic (exact) mass is 385 g/mol. The number of hydrogen-bond acceptors (Lipinski definition) is 7. The van der Waals surface area contributed by atoms with Crippen molar-refractivity contribution in [1.82, 2.24) is 19.3 Å². The van der Waals surface area contributed by atoms with Gasteiger partial charge in [-0.05, 0) is 38.8 Å². The Kier molecular flexibility index (Phi) is 7.05. The molecule has 0 aliphatic carbocycles. The molecule has 0 aliphatic rings. The molecule has 2 heterocycles. The van der Waals surface area contributed by atoms with Gasteiger partial charge in [0.2, 0.25) is 0 Å². The number of aromatic nitrogens is 3. The zero-order chi connectivity index (χ0) is 20.8. The number of hydrogen-bond donors (Lipinski definition) is 1. The normalized spacial score (nSPS) is 11.9. The van der Waals surface area contributed by atoms with Gasteiger partial charge in [0.25, 0.3) is 13.0 Å². The summed E-state index contributed by atoms with van der Waals surface area (Å²) < 4.78 is 7.48. The molecule has 0 aromatic carbocycles. The maximum Gasteiger partial charge on any atom is 0.336 e. The number of carbonyl (C=O) groups is 2. The summed E-state index contributed by atoms with van der Waals surface area (Å²) in [6.07, 6.45) is 3.40. The van der Waals surface area contributed by atoms with E-state index < -0.39 is 23.3 Å². The van der Waals surface area contributed by atoms with Crippen molar-refractivity contribution in [1.29, 1.82) is 0 Å². The molecule has 0 aliphatic heterocycles. The van der Waals surface area contributed by atoms with Gasteiger partial charge in [-0.15, -0.1) is 0 Å². The zero-order valence-electron chi connectivity index (χ0n) is 16.2. The summed E-state index contributed by atoms with van der Waals surface area (Å²) in [6.45, 7) is 5.08. The minimum Gasteiger partial charge on any atom is -0.462 e. The molecule has 0 bridgehead atoms. The second-order valence-electron chi connectivity index (χ2n) is 6.58. The van der Waals surface area contributed by atoms with Gasteiger partial charge >= 0.3 is 11.7 Å². The highest BCUT2D eigenvalue weighted by Crippen LogP contribution is 2.08. The average Bonchev–Trinajstić information content (AvgIpc) is 2.64. The van der Waals surface area contributed by atoms with Crippen LogP contribution in [0.3, 0.4) is 0 Å². The second kappa shape index (κ2) is 9.27. The van der Waals surface area contributed by atoms with Gasteiger partial charge in [-0.2, -0.15) is 0 Å². The van der Waals surface area contributed by atoms with Gasteiger partial charge in [0.15, 0.2) is 0 Å². The lowest BCUT2D eigenvalue weighted by molar-refractivity contribution is -0.149. The van der Waals surface area contributed by atoms with Gasteiger partial charge in [-0.25, -0.2) is 14.3 Å². The molecular formula is C18H22BN4O5. The fraction of sp³-hybridized carbons (Fsp3) is 0.389. The molecule has 0 saturated carbocycles. The summed E-state index contributed by atoms with van der Waals surface area (Å²) in [7, 11) is 2.68. The lowest BCUT2D eigenvalue weighted by atomic mass is 9.94. The van der Waals surface area contributed by atoms with Crippen molar-refractivity contribution in [2.45, 2.75) is 39.3 Å². The standard InChI is InChI=1S/C18H22BN4O5/c1-11(2)28-17(26)14(21-19-10-24)7-13-5-6-15(20-8-13)23-16(25)12(3)9-22(4)18(23)27/h5-6,8-11,14,21H,7H2,1-4H3/t14-/m0/s1. The third kappa shape index (κ3) is 5.04. The van der Waals surface area contributed by atoms with E-state index in [9.17, 15) is 19.2 Å². The minimum atomic E-state index is -0.769. The van der Waals surface area contributed by atoms with E-state index in [0.29, 0.717) is 17.3 Å². The van der Waals surface area contributed by atoms with Crippen molar-refractivity contribution in [3.8, 4) is 5.82 Å². The number of aryl methyl sites for hydroxylation is 2. The third-order valence-electron chi connectivity index (χ3n) is 3.90. The average molecular weight is 385 g/mol. The Morgan fingerprint density at radius 1 is 1.36 bits per heavy atom. The first-order valence-electron chi connectivity index (χ1n) is 8.72. The van der Waals surface area contributed by atoms with Gasteiger partial charge in [-0.1, -0.05) is 6.07 Å². The van der Waals surface area contributed by atoms with Crippen LogP contribution in [0, 0.1) is 6.92 Å².